The van der Waals surface area contributed by atoms with Gasteiger partial charge >= 0.3 is 29.7 Å². The van der Waals surface area contributed by atoms with Crippen LogP contribution in [0, 0.1) is 0 Å². The van der Waals surface area contributed by atoms with E-state index in [0.717, 1.165) is 12.8 Å². The van der Waals surface area contributed by atoms with Crippen molar-refractivity contribution in [1.82, 2.24) is 0 Å². The van der Waals surface area contributed by atoms with Gasteiger partial charge in [0.05, 0.1) is 0 Å². The summed E-state index contributed by atoms with van der Waals surface area (Å²) in [7, 11) is 4.67. The largest absolute Gasteiger partial charge is 1.59 e. The minimum atomic E-state index is 0.355. The predicted octanol–water partition coefficient (Wildman–Crippen LogP) is 1.48. The van der Waals surface area contributed by atoms with E-state index < -0.39 is 0 Å². The molecule has 0 unspecified atom stereocenters. The van der Waals surface area contributed by atoms with Crippen molar-refractivity contribution in [1.29, 1.82) is 0 Å². The average molecular weight is 148 g/mol. The quantitative estimate of drug-likeness (QED) is 0.474. The van der Waals surface area contributed by atoms with Crippen LogP contribution in [0.2, 0.25) is 0 Å². The highest BCUT2D eigenvalue weighted by Crippen LogP contribution is 1.89. The van der Waals surface area contributed by atoms with Gasteiger partial charge in [-0.05, 0) is 6.42 Å². The van der Waals surface area contributed by atoms with Crippen LogP contribution in [0.25, 0.3) is 0 Å². The van der Waals surface area contributed by atoms with Crippen LogP contribution < -0.4 is 0 Å². The molecule has 0 aromatic carbocycles. The second-order valence-corrected chi connectivity index (χ2v) is 1.43. The maximum absolute atomic E-state index is 8.20. The van der Waals surface area contributed by atoms with Gasteiger partial charge < -0.3 is 5.11 Å². The van der Waals surface area contributed by atoms with Crippen molar-refractivity contribution in [2.75, 3.05) is 6.61 Å². The highest BCUT2D eigenvalue weighted by molar-refractivity contribution is 6.80. The molecule has 0 atom stereocenters. The molecule has 8 heavy (non-hydrogen) atoms. The molecule has 0 saturated heterocycles. The van der Waals surface area contributed by atoms with Crippen molar-refractivity contribution in [3.8, 4) is 0 Å². The standard InChI is InChI=1S/C5H12O.ClH.Mg/c1-2-3-4-5-6;;/h6H,2-5H2,1H3;1H;/q;;+3/p-1. The molecule has 0 saturated carbocycles. The Labute approximate surface area is 67.6 Å². The number of halogens is 1. The summed E-state index contributed by atoms with van der Waals surface area (Å²) in [5.41, 5.74) is 0. The zero-order valence-electron chi connectivity index (χ0n) is 5.36. The second kappa shape index (κ2) is 15.7. The van der Waals surface area contributed by atoms with E-state index in [4.69, 9.17) is 5.11 Å². The predicted molar refractivity (Wildman–Crippen MR) is 38.2 cm³/mol. The van der Waals surface area contributed by atoms with Crippen LogP contribution in [-0.4, -0.2) is 32.3 Å². The summed E-state index contributed by atoms with van der Waals surface area (Å²) in [5, 5.41) is 8.20. The Kier molecular flexibility index (Phi) is 23.1. The Morgan fingerprint density at radius 2 is 1.88 bits per heavy atom. The van der Waals surface area contributed by atoms with Gasteiger partial charge in [0.15, 0.2) is 0 Å². The molecule has 7 radical (unpaired) electrons. The van der Waals surface area contributed by atoms with Crippen LogP contribution in [0.15, 0.2) is 0 Å². The van der Waals surface area contributed by atoms with Crippen molar-refractivity contribution in [2.24, 2.45) is 0 Å². The smallest absolute Gasteiger partial charge is 0.396 e. The first-order valence-corrected chi connectivity index (χ1v) is 4.93. The third-order valence-electron chi connectivity index (χ3n) is 0.762. The van der Waals surface area contributed by atoms with Crippen LogP contribution in [0.1, 0.15) is 26.2 Å². The molecule has 0 aliphatic rings. The molecular weight excluding hydrogens is 136 g/mol. The van der Waals surface area contributed by atoms with Gasteiger partial charge in [-0.15, -0.1) is 0 Å². The summed E-state index contributed by atoms with van der Waals surface area (Å²) >= 11 is 1.33. The van der Waals surface area contributed by atoms with Crippen LogP contribution >= 0.6 is 9.07 Å². The molecule has 0 amide bonds. The van der Waals surface area contributed by atoms with Gasteiger partial charge in [0.25, 0.3) is 0 Å². The van der Waals surface area contributed by atoms with E-state index in [9.17, 15) is 0 Å². The lowest BCUT2D eigenvalue weighted by Gasteiger charge is -1.85. The highest BCUT2D eigenvalue weighted by atomic mass is 35.5. The topological polar surface area (TPSA) is 20.2 Å². The Balaban J connectivity index is 0. The minimum absolute atomic E-state index is 0.355. The Morgan fingerprint density at radius 1 is 1.38 bits per heavy atom. The molecular formula is C5H12ClMgO+2. The molecule has 0 heterocycles. The Hall–Kier alpha value is 1.02. The Morgan fingerprint density at radius 3 is 2.00 bits per heavy atom. The first-order valence-electron chi connectivity index (χ1n) is 2.79. The first kappa shape index (κ1) is 11.8. The van der Waals surface area contributed by atoms with Gasteiger partial charge in [-0.25, -0.2) is 0 Å². The lowest BCUT2D eigenvalue weighted by molar-refractivity contribution is 0.284. The average Bonchev–Trinajstić information content (AvgIpc) is 1.88. The number of rotatable bonds is 3. The van der Waals surface area contributed by atoms with Crippen molar-refractivity contribution >= 4 is 29.7 Å². The van der Waals surface area contributed by atoms with Crippen molar-refractivity contribution in [2.45, 2.75) is 26.2 Å². The molecule has 0 aromatic rings. The number of aliphatic hydroxyl groups excluding tert-OH is 1. The van der Waals surface area contributed by atoms with E-state index in [1.807, 2.05) is 0 Å². The van der Waals surface area contributed by atoms with Gasteiger partial charge in [-0.1, -0.05) is 19.8 Å². The zero-order chi connectivity index (χ0) is 6.83. The van der Waals surface area contributed by atoms with Crippen molar-refractivity contribution < 1.29 is 5.11 Å². The van der Waals surface area contributed by atoms with E-state index in [-0.39, 0.29) is 0 Å². The second-order valence-electron chi connectivity index (χ2n) is 1.43. The number of aliphatic hydroxyl groups is 1. The molecule has 45 valence electrons. The molecule has 0 spiro atoms. The summed E-state index contributed by atoms with van der Waals surface area (Å²) in [6, 6.07) is 0. The number of unbranched alkanes of at least 4 members (excludes halogenated alkanes) is 2. The summed E-state index contributed by atoms with van der Waals surface area (Å²) in [6.45, 7) is 2.48. The number of hydrogen-bond acceptors (Lipinski definition) is 1. The summed E-state index contributed by atoms with van der Waals surface area (Å²) in [4.78, 5) is 0. The van der Waals surface area contributed by atoms with Crippen LogP contribution in [0.4, 0.5) is 0 Å². The molecule has 0 aromatic heterocycles. The van der Waals surface area contributed by atoms with E-state index in [1.54, 1.807) is 0 Å². The SMILES string of the molecule is CCCCCO.[Mg+2][Cl]. The fourth-order valence-electron chi connectivity index (χ4n) is 0.362. The normalized spacial score (nSPS) is 7.50. The monoisotopic (exact) mass is 147 g/mol. The fraction of sp³-hybridized carbons (Fsp3) is 1.00. The van der Waals surface area contributed by atoms with Gasteiger partial charge in [-0.3, -0.25) is 0 Å². The van der Waals surface area contributed by atoms with Gasteiger partial charge in [0, 0.05) is 6.61 Å². The fourth-order valence-corrected chi connectivity index (χ4v) is 0.362. The van der Waals surface area contributed by atoms with Crippen LogP contribution in [0.5, 0.6) is 0 Å². The maximum atomic E-state index is 8.20. The zero-order valence-corrected chi connectivity index (χ0v) is 7.53. The molecule has 0 rings (SSSR count). The van der Waals surface area contributed by atoms with Gasteiger partial charge in [0.1, 0.15) is 0 Å². The highest BCUT2D eigenvalue weighted by Gasteiger charge is 2.16. The molecule has 0 fully saturated rings. The van der Waals surface area contributed by atoms with E-state index in [0.29, 0.717) is 6.61 Å². The molecule has 0 aliphatic heterocycles. The van der Waals surface area contributed by atoms with E-state index in [2.05, 4.69) is 16.0 Å². The first-order chi connectivity index (χ1) is 3.91. The van der Waals surface area contributed by atoms with Gasteiger partial charge in [0.2, 0.25) is 0 Å². The van der Waals surface area contributed by atoms with Crippen LogP contribution in [-0.2, 0) is 0 Å². The van der Waals surface area contributed by atoms with Crippen molar-refractivity contribution in [3.63, 3.8) is 0 Å². The summed E-state index contributed by atoms with van der Waals surface area (Å²) in [6.07, 6.45) is 3.33. The lowest BCUT2D eigenvalue weighted by atomic mass is 10.3. The van der Waals surface area contributed by atoms with Crippen molar-refractivity contribution in [3.05, 3.63) is 0 Å². The third kappa shape index (κ3) is 15.7. The molecule has 0 aliphatic carbocycles. The van der Waals surface area contributed by atoms with Gasteiger partial charge in [-0.2, -0.15) is 0 Å². The maximum Gasteiger partial charge on any atom is 1.59 e. The molecule has 1 N–H and O–H groups in total. The Bertz CT molecular complexity index is 24.4. The van der Waals surface area contributed by atoms with E-state index in [1.165, 1.54) is 27.0 Å². The summed E-state index contributed by atoms with van der Waals surface area (Å²) in [5.74, 6) is 0. The van der Waals surface area contributed by atoms with E-state index >= 15 is 0 Å². The summed E-state index contributed by atoms with van der Waals surface area (Å²) < 4.78 is 0. The number of hydrogen-bond donors (Lipinski definition) is 1. The molecule has 1 nitrogen and oxygen atoms in total. The lowest BCUT2D eigenvalue weighted by Crippen LogP contribution is -1.78. The van der Waals surface area contributed by atoms with Crippen LogP contribution in [0.3, 0.4) is 0 Å². The third-order valence-corrected chi connectivity index (χ3v) is 0.762. The molecule has 0 bridgehead atoms. The molecule has 3 heteroatoms. The minimum Gasteiger partial charge on any atom is -0.396 e.